The number of halogens is 2. The number of hydrogen-bond donors (Lipinski definition) is 2. The van der Waals surface area contributed by atoms with E-state index in [9.17, 15) is 13.6 Å². The van der Waals surface area contributed by atoms with Crippen LogP contribution in [0, 0.1) is 18.6 Å². The average Bonchev–Trinajstić information content (AvgIpc) is 2.78. The monoisotopic (exact) mass is 270 g/mol. The van der Waals surface area contributed by atoms with Gasteiger partial charge in [0.2, 0.25) is 0 Å². The summed E-state index contributed by atoms with van der Waals surface area (Å²) in [6.07, 6.45) is 0. The molecule has 2 N–H and O–H groups in total. The largest absolute Gasteiger partial charge is 0.476 e. The number of thiazole rings is 1. The first-order valence-corrected chi connectivity index (χ1v) is 5.77. The van der Waals surface area contributed by atoms with Gasteiger partial charge in [-0.15, -0.1) is 11.3 Å². The molecule has 0 bridgehead atoms. The summed E-state index contributed by atoms with van der Waals surface area (Å²) >= 11 is 0.960. The zero-order valence-corrected chi connectivity index (χ0v) is 10.0. The lowest BCUT2D eigenvalue weighted by Gasteiger charge is -2.07. The third-order valence-electron chi connectivity index (χ3n) is 2.24. The van der Waals surface area contributed by atoms with E-state index in [2.05, 4.69) is 10.3 Å². The van der Waals surface area contributed by atoms with E-state index in [0.717, 1.165) is 17.4 Å². The van der Waals surface area contributed by atoms with Crippen LogP contribution in [0.2, 0.25) is 0 Å². The van der Waals surface area contributed by atoms with Crippen LogP contribution < -0.4 is 5.32 Å². The fraction of sp³-hybridized carbons (Fsp3) is 0.0909. The molecule has 0 saturated carbocycles. The first-order chi connectivity index (χ1) is 8.49. The SMILES string of the molecule is Cc1ccc(F)c(Nc2nc(C(=O)O)cs2)c1F. The minimum absolute atomic E-state index is 0.121. The summed E-state index contributed by atoms with van der Waals surface area (Å²) in [6.45, 7) is 1.50. The molecule has 0 radical (unpaired) electrons. The molecule has 94 valence electrons. The molecule has 1 aromatic carbocycles. The van der Waals surface area contributed by atoms with E-state index in [4.69, 9.17) is 5.11 Å². The van der Waals surface area contributed by atoms with E-state index in [1.54, 1.807) is 0 Å². The number of aromatic nitrogens is 1. The lowest BCUT2D eigenvalue weighted by Crippen LogP contribution is -2.01. The van der Waals surface area contributed by atoms with E-state index >= 15 is 0 Å². The zero-order valence-electron chi connectivity index (χ0n) is 9.20. The molecule has 4 nitrogen and oxygen atoms in total. The molecule has 7 heteroatoms. The van der Waals surface area contributed by atoms with Crippen LogP contribution >= 0.6 is 11.3 Å². The number of aromatic carboxylic acids is 1. The van der Waals surface area contributed by atoms with Crippen molar-refractivity contribution in [2.24, 2.45) is 0 Å². The Balaban J connectivity index is 2.33. The Morgan fingerprint density at radius 3 is 2.78 bits per heavy atom. The summed E-state index contributed by atoms with van der Waals surface area (Å²) in [7, 11) is 0. The van der Waals surface area contributed by atoms with Gasteiger partial charge in [-0.05, 0) is 18.6 Å². The topological polar surface area (TPSA) is 62.2 Å². The van der Waals surface area contributed by atoms with Gasteiger partial charge in [0.1, 0.15) is 11.5 Å². The predicted molar refractivity (Wildman–Crippen MR) is 63.5 cm³/mol. The van der Waals surface area contributed by atoms with E-state index < -0.39 is 17.6 Å². The van der Waals surface area contributed by atoms with Crippen LogP contribution in [0.3, 0.4) is 0 Å². The van der Waals surface area contributed by atoms with Gasteiger partial charge in [0.15, 0.2) is 16.6 Å². The number of carboxylic acid groups (broad SMARTS) is 1. The highest BCUT2D eigenvalue weighted by atomic mass is 32.1. The standard InChI is InChI=1S/C11H8F2N2O2S/c1-5-2-3-6(12)9(8(5)13)15-11-14-7(4-18-11)10(16)17/h2-4H,1H3,(H,14,15)(H,16,17). The van der Waals surface area contributed by atoms with Gasteiger partial charge in [0, 0.05) is 5.38 Å². The molecule has 0 aliphatic heterocycles. The van der Waals surface area contributed by atoms with Crippen molar-refractivity contribution < 1.29 is 18.7 Å². The van der Waals surface area contributed by atoms with Crippen molar-refractivity contribution in [1.82, 2.24) is 4.98 Å². The van der Waals surface area contributed by atoms with Crippen LogP contribution in [0.4, 0.5) is 19.6 Å². The van der Waals surface area contributed by atoms with E-state index in [-0.39, 0.29) is 22.1 Å². The Kier molecular flexibility index (Phi) is 3.24. The molecule has 1 heterocycles. The maximum atomic E-state index is 13.7. The third kappa shape index (κ3) is 2.30. The van der Waals surface area contributed by atoms with Crippen molar-refractivity contribution in [1.29, 1.82) is 0 Å². The number of nitrogens with one attached hydrogen (secondary N) is 1. The Bertz CT molecular complexity index is 613. The highest BCUT2D eigenvalue weighted by molar-refractivity contribution is 7.14. The fourth-order valence-electron chi connectivity index (χ4n) is 1.31. The molecule has 18 heavy (non-hydrogen) atoms. The summed E-state index contributed by atoms with van der Waals surface area (Å²) in [6, 6.07) is 2.45. The average molecular weight is 270 g/mol. The smallest absolute Gasteiger partial charge is 0.355 e. The molecule has 0 aliphatic carbocycles. The summed E-state index contributed by atoms with van der Waals surface area (Å²) < 4.78 is 27.1. The van der Waals surface area contributed by atoms with E-state index in [1.165, 1.54) is 18.4 Å². The molecule has 0 spiro atoms. The predicted octanol–water partition coefficient (Wildman–Crippen LogP) is 3.17. The molecule has 0 amide bonds. The maximum Gasteiger partial charge on any atom is 0.355 e. The minimum Gasteiger partial charge on any atom is -0.476 e. The zero-order chi connectivity index (χ0) is 13.3. The van der Waals surface area contributed by atoms with Crippen molar-refractivity contribution >= 4 is 28.1 Å². The van der Waals surface area contributed by atoms with Crippen LogP contribution in [-0.4, -0.2) is 16.1 Å². The van der Waals surface area contributed by atoms with Crippen LogP contribution in [-0.2, 0) is 0 Å². The van der Waals surface area contributed by atoms with Gasteiger partial charge in [0.05, 0.1) is 0 Å². The van der Waals surface area contributed by atoms with Crippen LogP contribution in [0.1, 0.15) is 16.1 Å². The Morgan fingerprint density at radius 1 is 1.44 bits per heavy atom. The number of carbonyl (C=O) groups is 1. The summed E-state index contributed by atoms with van der Waals surface area (Å²) in [5.74, 6) is -2.67. The van der Waals surface area contributed by atoms with Crippen LogP contribution in [0.15, 0.2) is 17.5 Å². The first kappa shape index (κ1) is 12.4. The van der Waals surface area contributed by atoms with Crippen molar-refractivity contribution in [2.45, 2.75) is 6.92 Å². The number of aryl methyl sites for hydroxylation is 1. The lowest BCUT2D eigenvalue weighted by molar-refractivity contribution is 0.0691. The molecule has 1 aromatic heterocycles. The number of anilines is 2. The second-order valence-electron chi connectivity index (χ2n) is 3.52. The number of carboxylic acids is 1. The van der Waals surface area contributed by atoms with Crippen molar-refractivity contribution in [3.8, 4) is 0 Å². The van der Waals surface area contributed by atoms with E-state index in [1.807, 2.05) is 0 Å². The van der Waals surface area contributed by atoms with Gasteiger partial charge in [-0.1, -0.05) is 6.07 Å². The minimum atomic E-state index is -1.19. The maximum absolute atomic E-state index is 13.7. The van der Waals surface area contributed by atoms with Gasteiger partial charge in [-0.3, -0.25) is 0 Å². The first-order valence-electron chi connectivity index (χ1n) is 4.89. The Labute approximate surface area is 105 Å². The molecule has 0 saturated heterocycles. The lowest BCUT2D eigenvalue weighted by atomic mass is 10.2. The normalized spacial score (nSPS) is 10.4. The Morgan fingerprint density at radius 2 is 2.17 bits per heavy atom. The van der Waals surface area contributed by atoms with Crippen LogP contribution in [0.25, 0.3) is 0 Å². The highest BCUT2D eigenvalue weighted by Crippen LogP contribution is 2.27. The number of benzene rings is 1. The summed E-state index contributed by atoms with van der Waals surface area (Å²) in [5.41, 5.74) is -0.217. The molecule has 0 aliphatic rings. The summed E-state index contributed by atoms with van der Waals surface area (Å²) in [4.78, 5) is 14.3. The number of rotatable bonds is 3. The second kappa shape index (κ2) is 4.69. The van der Waals surface area contributed by atoms with Gasteiger partial charge in [0.25, 0.3) is 0 Å². The van der Waals surface area contributed by atoms with Crippen LogP contribution in [0.5, 0.6) is 0 Å². The van der Waals surface area contributed by atoms with Crippen molar-refractivity contribution in [3.63, 3.8) is 0 Å². The van der Waals surface area contributed by atoms with Crippen molar-refractivity contribution in [3.05, 3.63) is 40.4 Å². The third-order valence-corrected chi connectivity index (χ3v) is 3.00. The summed E-state index contributed by atoms with van der Waals surface area (Å²) in [5, 5.41) is 12.5. The molecular formula is C11H8F2N2O2S. The number of hydrogen-bond acceptors (Lipinski definition) is 4. The Hall–Kier alpha value is -2.02. The van der Waals surface area contributed by atoms with Gasteiger partial charge < -0.3 is 10.4 Å². The molecule has 2 rings (SSSR count). The second-order valence-corrected chi connectivity index (χ2v) is 4.38. The molecule has 2 aromatic rings. The van der Waals surface area contributed by atoms with Crippen molar-refractivity contribution in [2.75, 3.05) is 5.32 Å². The quantitative estimate of drug-likeness (QED) is 0.899. The molecule has 0 atom stereocenters. The highest BCUT2D eigenvalue weighted by Gasteiger charge is 2.14. The number of nitrogens with zero attached hydrogens (tertiary/aromatic N) is 1. The van der Waals surface area contributed by atoms with Gasteiger partial charge in [-0.2, -0.15) is 0 Å². The molecule has 0 fully saturated rings. The van der Waals surface area contributed by atoms with Gasteiger partial charge >= 0.3 is 5.97 Å². The molecular weight excluding hydrogens is 262 g/mol. The van der Waals surface area contributed by atoms with E-state index in [0.29, 0.717) is 0 Å². The molecule has 0 unspecified atom stereocenters. The van der Waals surface area contributed by atoms with Gasteiger partial charge in [-0.25, -0.2) is 18.6 Å². The fourth-order valence-corrected chi connectivity index (χ4v) is 2.00.